The fourth-order valence-electron chi connectivity index (χ4n) is 2.22. The molecule has 0 atom stereocenters. The van der Waals surface area contributed by atoms with Crippen molar-refractivity contribution in [2.45, 2.75) is 38.5 Å². The zero-order valence-electron chi connectivity index (χ0n) is 9.61. The number of carbonyl (C=O) groups excluding carboxylic acids is 1. The highest BCUT2D eigenvalue weighted by atomic mass is 16.1. The zero-order valence-corrected chi connectivity index (χ0v) is 9.61. The van der Waals surface area contributed by atoms with Gasteiger partial charge in [0.05, 0.1) is 0 Å². The van der Waals surface area contributed by atoms with Gasteiger partial charge in [-0.05, 0) is 43.7 Å². The van der Waals surface area contributed by atoms with Crippen LogP contribution in [0.1, 0.15) is 37.7 Å². The van der Waals surface area contributed by atoms with E-state index in [1.807, 2.05) is 12.1 Å². The molecule has 0 saturated carbocycles. The average molecular weight is 214 g/mol. The minimum atomic E-state index is 0.320. The van der Waals surface area contributed by atoms with Gasteiger partial charge in [-0.15, -0.1) is 0 Å². The highest BCUT2D eigenvalue weighted by molar-refractivity contribution is 5.91. The van der Waals surface area contributed by atoms with Crippen LogP contribution in [0.5, 0.6) is 0 Å². The van der Waals surface area contributed by atoms with Crippen LogP contribution in [0.15, 0.2) is 42.0 Å². The predicted molar refractivity (Wildman–Crippen MR) is 66.3 cm³/mol. The molecular weight excluding hydrogens is 196 g/mol. The summed E-state index contributed by atoms with van der Waals surface area (Å²) in [5, 5.41) is 0. The Morgan fingerprint density at radius 1 is 1.00 bits per heavy atom. The first-order valence-electron chi connectivity index (χ1n) is 6.11. The van der Waals surface area contributed by atoms with Crippen molar-refractivity contribution >= 4 is 5.78 Å². The summed E-state index contributed by atoms with van der Waals surface area (Å²) in [5.74, 6) is 0.320. The molecule has 0 saturated heterocycles. The van der Waals surface area contributed by atoms with Crippen LogP contribution in [0.25, 0.3) is 0 Å². The molecule has 0 bridgehead atoms. The molecule has 1 heteroatoms. The van der Waals surface area contributed by atoms with Crippen LogP contribution in [-0.2, 0) is 11.2 Å². The quantitative estimate of drug-likeness (QED) is 0.747. The van der Waals surface area contributed by atoms with Gasteiger partial charge in [0.2, 0.25) is 0 Å². The van der Waals surface area contributed by atoms with E-state index in [4.69, 9.17) is 0 Å². The molecule has 0 amide bonds. The van der Waals surface area contributed by atoms with E-state index in [0.29, 0.717) is 5.78 Å². The Kier molecular flexibility index (Phi) is 3.92. The molecule has 0 N–H and O–H groups in total. The number of hydrogen-bond acceptors (Lipinski definition) is 1. The summed E-state index contributed by atoms with van der Waals surface area (Å²) < 4.78 is 0. The molecule has 1 aliphatic rings. The smallest absolute Gasteiger partial charge is 0.155 e. The maximum absolute atomic E-state index is 11.2. The van der Waals surface area contributed by atoms with Gasteiger partial charge < -0.3 is 0 Å². The van der Waals surface area contributed by atoms with Gasteiger partial charge >= 0.3 is 0 Å². The molecular formula is C15H18O. The van der Waals surface area contributed by atoms with Crippen LogP contribution in [0.3, 0.4) is 0 Å². The number of hydrogen-bond donors (Lipinski definition) is 0. The predicted octanol–water partition coefficient (Wildman–Crippen LogP) is 3.69. The lowest BCUT2D eigenvalue weighted by atomic mass is 9.94. The minimum absolute atomic E-state index is 0.320. The summed E-state index contributed by atoms with van der Waals surface area (Å²) in [7, 11) is 0. The Balaban J connectivity index is 1.78. The summed E-state index contributed by atoms with van der Waals surface area (Å²) in [4.78, 5) is 11.2. The Morgan fingerprint density at radius 3 is 2.56 bits per heavy atom. The van der Waals surface area contributed by atoms with Crippen LogP contribution < -0.4 is 0 Å². The standard InChI is InChI=1S/C15H18O/c16-15-11-5-10-14(12-15)9-4-8-13-6-2-1-3-7-13/h1-3,6-7,12H,4-5,8-11H2. The van der Waals surface area contributed by atoms with E-state index in [-0.39, 0.29) is 0 Å². The first kappa shape index (κ1) is 11.1. The van der Waals surface area contributed by atoms with Gasteiger partial charge in [0.25, 0.3) is 0 Å². The van der Waals surface area contributed by atoms with Crippen LogP contribution >= 0.6 is 0 Å². The third-order valence-corrected chi connectivity index (χ3v) is 3.09. The first-order chi connectivity index (χ1) is 7.84. The van der Waals surface area contributed by atoms with Crippen LogP contribution in [-0.4, -0.2) is 5.78 Å². The largest absolute Gasteiger partial charge is 0.295 e. The SMILES string of the molecule is O=C1C=C(CCCc2ccccc2)CCC1. The maximum Gasteiger partial charge on any atom is 0.155 e. The van der Waals surface area contributed by atoms with Crippen molar-refractivity contribution < 1.29 is 4.79 Å². The van der Waals surface area contributed by atoms with Gasteiger partial charge in [0, 0.05) is 6.42 Å². The maximum atomic E-state index is 11.2. The van der Waals surface area contributed by atoms with E-state index in [0.717, 1.165) is 38.5 Å². The summed E-state index contributed by atoms with van der Waals surface area (Å²) in [6.07, 6.45) is 8.16. The number of aryl methyl sites for hydroxylation is 1. The Labute approximate surface area is 97.2 Å². The Hall–Kier alpha value is -1.37. The zero-order chi connectivity index (χ0) is 11.2. The molecule has 0 radical (unpaired) electrons. The highest BCUT2D eigenvalue weighted by Crippen LogP contribution is 2.20. The number of allylic oxidation sites excluding steroid dienone is 2. The van der Waals surface area contributed by atoms with Crippen molar-refractivity contribution in [3.05, 3.63) is 47.5 Å². The fourth-order valence-corrected chi connectivity index (χ4v) is 2.22. The molecule has 0 aromatic heterocycles. The molecule has 1 aliphatic carbocycles. The van der Waals surface area contributed by atoms with Crippen molar-refractivity contribution in [1.82, 2.24) is 0 Å². The van der Waals surface area contributed by atoms with E-state index in [9.17, 15) is 4.79 Å². The second kappa shape index (κ2) is 5.64. The molecule has 0 unspecified atom stereocenters. The van der Waals surface area contributed by atoms with E-state index in [2.05, 4.69) is 24.3 Å². The number of ketones is 1. The highest BCUT2D eigenvalue weighted by Gasteiger charge is 2.09. The van der Waals surface area contributed by atoms with Crippen LogP contribution in [0.4, 0.5) is 0 Å². The lowest BCUT2D eigenvalue weighted by Gasteiger charge is -2.11. The lowest BCUT2D eigenvalue weighted by Crippen LogP contribution is -2.02. The third kappa shape index (κ3) is 3.34. The van der Waals surface area contributed by atoms with Gasteiger partial charge in [0.1, 0.15) is 0 Å². The molecule has 0 spiro atoms. The molecule has 0 aliphatic heterocycles. The second-order valence-corrected chi connectivity index (χ2v) is 4.46. The van der Waals surface area contributed by atoms with Crippen molar-refractivity contribution in [2.24, 2.45) is 0 Å². The average Bonchev–Trinajstić information content (AvgIpc) is 2.30. The molecule has 16 heavy (non-hydrogen) atoms. The van der Waals surface area contributed by atoms with Crippen molar-refractivity contribution in [3.8, 4) is 0 Å². The van der Waals surface area contributed by atoms with Gasteiger partial charge in [-0.1, -0.05) is 35.9 Å². The normalized spacial score (nSPS) is 16.0. The van der Waals surface area contributed by atoms with E-state index >= 15 is 0 Å². The summed E-state index contributed by atoms with van der Waals surface area (Å²) in [6.45, 7) is 0. The van der Waals surface area contributed by atoms with Gasteiger partial charge in [-0.3, -0.25) is 4.79 Å². The van der Waals surface area contributed by atoms with Crippen molar-refractivity contribution in [1.29, 1.82) is 0 Å². The van der Waals surface area contributed by atoms with Crippen LogP contribution in [0.2, 0.25) is 0 Å². The van der Waals surface area contributed by atoms with Gasteiger partial charge in [-0.25, -0.2) is 0 Å². The van der Waals surface area contributed by atoms with Crippen LogP contribution in [0, 0.1) is 0 Å². The second-order valence-electron chi connectivity index (χ2n) is 4.46. The summed E-state index contributed by atoms with van der Waals surface area (Å²) in [6, 6.07) is 10.5. The summed E-state index contributed by atoms with van der Waals surface area (Å²) >= 11 is 0. The Bertz CT molecular complexity index is 376. The molecule has 84 valence electrons. The number of carbonyl (C=O) groups is 1. The minimum Gasteiger partial charge on any atom is -0.295 e. The van der Waals surface area contributed by atoms with E-state index in [1.54, 1.807) is 0 Å². The molecule has 0 heterocycles. The van der Waals surface area contributed by atoms with Gasteiger partial charge in [-0.2, -0.15) is 0 Å². The monoisotopic (exact) mass is 214 g/mol. The Morgan fingerprint density at radius 2 is 1.81 bits per heavy atom. The summed E-state index contributed by atoms with van der Waals surface area (Å²) in [5.41, 5.74) is 2.75. The fraction of sp³-hybridized carbons (Fsp3) is 0.400. The lowest BCUT2D eigenvalue weighted by molar-refractivity contribution is -0.115. The first-order valence-corrected chi connectivity index (χ1v) is 6.11. The molecule has 0 fully saturated rings. The van der Waals surface area contributed by atoms with Crippen molar-refractivity contribution in [3.63, 3.8) is 0 Å². The van der Waals surface area contributed by atoms with Crippen molar-refractivity contribution in [2.75, 3.05) is 0 Å². The molecule has 1 aromatic rings. The third-order valence-electron chi connectivity index (χ3n) is 3.09. The van der Waals surface area contributed by atoms with Gasteiger partial charge in [0.15, 0.2) is 5.78 Å². The number of rotatable bonds is 4. The number of benzene rings is 1. The topological polar surface area (TPSA) is 17.1 Å². The molecule has 1 aromatic carbocycles. The molecule has 1 nitrogen and oxygen atoms in total. The van der Waals surface area contributed by atoms with E-state index in [1.165, 1.54) is 11.1 Å². The van der Waals surface area contributed by atoms with E-state index < -0.39 is 0 Å². The molecule has 2 rings (SSSR count).